The zero-order valence-corrected chi connectivity index (χ0v) is 43.5. The molecule has 3 N–H and O–H groups in total. The van der Waals surface area contributed by atoms with Crippen molar-refractivity contribution < 1.29 is 45.6 Å². The lowest BCUT2D eigenvalue weighted by atomic mass is 9.88. The largest absolute Gasteiger partial charge is 0.443 e. The number of alkyl carbamates (subject to hydrolysis) is 1. The van der Waals surface area contributed by atoms with Gasteiger partial charge in [-0.15, -0.1) is 0 Å². The highest BCUT2D eigenvalue weighted by Gasteiger charge is 2.44. The molecule has 5 atom stereocenters. The lowest BCUT2D eigenvalue weighted by Gasteiger charge is -2.35. The summed E-state index contributed by atoms with van der Waals surface area (Å²) in [6, 6.07) is 26.2. The number of anilines is 2. The van der Waals surface area contributed by atoms with Crippen LogP contribution in [0, 0.1) is 45.3 Å². The molecule has 6 rings (SSSR count). The first-order valence-corrected chi connectivity index (χ1v) is 26.9. The van der Waals surface area contributed by atoms with Crippen LogP contribution in [0.2, 0.25) is 0 Å². The molecule has 0 spiro atoms. The Morgan fingerprint density at radius 1 is 0.871 bits per heavy atom. The predicted molar refractivity (Wildman–Crippen MR) is 269 cm³/mol. The number of carbonyl (C=O) groups excluding carboxylic acids is 1. The SMILES string of the molecule is CN(B1CO1)c1cccc(S(=O)(=O)N(CC(O)C(Cc2ccccc2)NC(=O)OC2COC3OCCC23)CC(C)(C)CCC#N)c1.CNc1cccc(S(=O)(=O)N(CC(C)C)CC(C)(C)CCC#N)c1. The second-order valence-corrected chi connectivity index (χ2v) is 24.2. The number of benzene rings is 3. The van der Waals surface area contributed by atoms with Crippen LogP contribution >= 0.6 is 0 Å². The lowest BCUT2D eigenvalue weighted by Crippen LogP contribution is -2.52. The number of nitriles is 2. The number of aliphatic hydroxyl groups is 1. The van der Waals surface area contributed by atoms with E-state index in [1.165, 1.54) is 10.4 Å². The Bertz CT molecular complexity index is 2480. The normalized spacial score (nSPS) is 18.8. The summed E-state index contributed by atoms with van der Waals surface area (Å²) in [4.78, 5) is 15.4. The number of hydrogen-bond acceptors (Lipinski definition) is 14. The molecule has 0 aliphatic carbocycles. The summed E-state index contributed by atoms with van der Waals surface area (Å²) >= 11 is 0. The Labute approximate surface area is 416 Å². The quantitative estimate of drug-likeness (QED) is 0.0630. The number of ether oxygens (including phenoxy) is 3. The minimum atomic E-state index is -4.13. The fourth-order valence-corrected chi connectivity index (χ4v) is 12.1. The third-order valence-electron chi connectivity index (χ3n) is 12.7. The van der Waals surface area contributed by atoms with Gasteiger partial charge in [0.2, 0.25) is 20.0 Å². The first-order valence-electron chi connectivity index (χ1n) is 24.0. The van der Waals surface area contributed by atoms with Crippen molar-refractivity contribution >= 4 is 44.6 Å². The first kappa shape index (κ1) is 56.2. The molecule has 3 aromatic carbocycles. The number of carbonyl (C=O) groups is 1. The standard InChI is InChI=1S/C32H43BN4O8S.C18H29N3O2S/c1-32(2,14-8-15-34)21-37(46(40,41)25-12-7-11-24(18-25)36(3)33-22-44-33)19-28(38)27(17-23-9-5-4-6-10-23)35-31(39)45-29-20-43-30-26(29)13-16-42-30;1-15(2)13-21(14-18(3,4)10-7-11-19)24(22,23)17-9-6-8-16(12-17)20-5/h4-7,9-12,18,26-30,38H,8,13-14,16-17,19-22H2,1-3H3,(H,35,39);6,8-9,12,15,20H,7,10,13-14H2,1-5H3. The molecule has 17 nitrogen and oxygen atoms in total. The van der Waals surface area contributed by atoms with E-state index < -0.39 is 49.8 Å². The summed E-state index contributed by atoms with van der Waals surface area (Å²) in [5.74, 6) is 0.167. The summed E-state index contributed by atoms with van der Waals surface area (Å²) in [5, 5.41) is 35.5. The summed E-state index contributed by atoms with van der Waals surface area (Å²) in [5.41, 5.74) is 1.47. The summed E-state index contributed by atoms with van der Waals surface area (Å²) < 4.78 is 79.9. The van der Waals surface area contributed by atoms with Crippen LogP contribution in [-0.4, -0.2) is 128 Å². The Morgan fingerprint density at radius 3 is 2.03 bits per heavy atom. The number of hydrogen-bond donors (Lipinski definition) is 3. The fourth-order valence-electron chi connectivity index (χ4n) is 8.57. The molecule has 0 bridgehead atoms. The van der Waals surface area contributed by atoms with Crippen molar-refractivity contribution in [2.45, 2.75) is 114 Å². The van der Waals surface area contributed by atoms with Crippen LogP contribution < -0.4 is 15.4 Å². The topological polar surface area (TPSA) is 227 Å². The van der Waals surface area contributed by atoms with Gasteiger partial charge in [-0.2, -0.15) is 19.1 Å². The summed E-state index contributed by atoms with van der Waals surface area (Å²) in [7, 11) is -4.20. The molecule has 5 unspecified atom stereocenters. The Balaban J connectivity index is 0.000000321. The van der Waals surface area contributed by atoms with Crippen molar-refractivity contribution in [2.24, 2.45) is 22.7 Å². The molecule has 0 aromatic heterocycles. The smallest absolute Gasteiger partial charge is 0.440 e. The Hall–Kier alpha value is -4.77. The van der Waals surface area contributed by atoms with Gasteiger partial charge in [0.25, 0.3) is 0 Å². The van der Waals surface area contributed by atoms with Crippen molar-refractivity contribution in [3.63, 3.8) is 0 Å². The zero-order valence-electron chi connectivity index (χ0n) is 41.9. The molecule has 382 valence electrons. The van der Waals surface area contributed by atoms with Crippen molar-refractivity contribution in [1.82, 2.24) is 13.9 Å². The molecule has 3 heterocycles. The molecular formula is C50H72BN7O10S2. The molecule has 3 aliphatic rings. The van der Waals surface area contributed by atoms with Gasteiger partial charge in [-0.05, 0) is 91.4 Å². The number of rotatable bonds is 24. The van der Waals surface area contributed by atoms with Crippen LogP contribution in [0.5, 0.6) is 0 Å². The maximum Gasteiger partial charge on any atom is 0.440 e. The second-order valence-electron chi connectivity index (χ2n) is 20.3. The van der Waals surface area contributed by atoms with Crippen LogP contribution in [0.1, 0.15) is 79.2 Å². The average Bonchev–Trinajstić information content (AvgIpc) is 3.96. The highest BCUT2D eigenvalue weighted by atomic mass is 32.2. The zero-order chi connectivity index (χ0) is 51.3. The van der Waals surface area contributed by atoms with Crippen molar-refractivity contribution in [3.8, 4) is 12.1 Å². The average molecular weight is 1010 g/mol. The van der Waals surface area contributed by atoms with Gasteiger partial charge >= 0.3 is 13.1 Å². The first-order chi connectivity index (χ1) is 33.1. The van der Waals surface area contributed by atoms with E-state index in [0.29, 0.717) is 56.0 Å². The van der Waals surface area contributed by atoms with Gasteiger partial charge in [0, 0.05) is 57.4 Å². The minimum Gasteiger partial charge on any atom is -0.443 e. The molecule has 3 aromatic rings. The molecule has 3 aliphatic heterocycles. The predicted octanol–water partition coefficient (Wildman–Crippen LogP) is 6.67. The number of aliphatic hydroxyl groups excluding tert-OH is 1. The maximum atomic E-state index is 14.3. The third-order valence-corrected chi connectivity index (χ3v) is 16.3. The van der Waals surface area contributed by atoms with Crippen LogP contribution in [-0.2, 0) is 45.3 Å². The maximum absolute atomic E-state index is 14.3. The molecule has 1 amide bonds. The van der Waals surface area contributed by atoms with E-state index in [1.54, 1.807) is 41.7 Å². The van der Waals surface area contributed by atoms with E-state index in [0.717, 1.165) is 17.7 Å². The van der Waals surface area contributed by atoms with E-state index in [4.69, 9.17) is 24.1 Å². The molecule has 3 saturated heterocycles. The van der Waals surface area contributed by atoms with Crippen LogP contribution in [0.25, 0.3) is 0 Å². The summed E-state index contributed by atoms with van der Waals surface area (Å²) in [6.45, 7) is 13.8. The lowest BCUT2D eigenvalue weighted by molar-refractivity contribution is -0.0907. The van der Waals surface area contributed by atoms with Crippen LogP contribution in [0.4, 0.5) is 16.2 Å². The van der Waals surface area contributed by atoms with Gasteiger partial charge in [-0.1, -0.05) is 84.0 Å². The number of nitrogens with one attached hydrogen (secondary N) is 2. The van der Waals surface area contributed by atoms with Gasteiger partial charge in [0.1, 0.15) is 6.10 Å². The number of fused-ring (bicyclic) bond motifs is 1. The van der Waals surface area contributed by atoms with Gasteiger partial charge in [0.05, 0.1) is 59.7 Å². The number of nitrogens with zero attached hydrogens (tertiary/aromatic N) is 5. The monoisotopic (exact) mass is 1010 g/mol. The molecule has 0 radical (unpaired) electrons. The van der Waals surface area contributed by atoms with Crippen molar-refractivity contribution in [2.75, 3.05) is 70.1 Å². The fraction of sp³-hybridized carbons (Fsp3) is 0.580. The van der Waals surface area contributed by atoms with Crippen LogP contribution in [0.15, 0.2) is 88.7 Å². The van der Waals surface area contributed by atoms with E-state index in [-0.39, 0.29) is 68.0 Å². The van der Waals surface area contributed by atoms with Crippen molar-refractivity contribution in [3.05, 3.63) is 84.4 Å². The number of sulfonamides is 2. The molecular weight excluding hydrogens is 934 g/mol. The second kappa shape index (κ2) is 25.1. The van der Waals surface area contributed by atoms with E-state index in [9.17, 15) is 32.0 Å². The van der Waals surface area contributed by atoms with Gasteiger partial charge in [-0.25, -0.2) is 21.6 Å². The van der Waals surface area contributed by atoms with E-state index >= 15 is 0 Å². The minimum absolute atomic E-state index is 0.0465. The molecule has 20 heteroatoms. The molecule has 70 heavy (non-hydrogen) atoms. The molecule has 0 saturated carbocycles. The van der Waals surface area contributed by atoms with Crippen LogP contribution in [0.3, 0.4) is 0 Å². The highest BCUT2D eigenvalue weighted by molar-refractivity contribution is 7.89. The molecule has 3 fully saturated rings. The van der Waals surface area contributed by atoms with Gasteiger partial charge in [-0.3, -0.25) is 0 Å². The summed E-state index contributed by atoms with van der Waals surface area (Å²) in [6.07, 6.45) is -0.118. The van der Waals surface area contributed by atoms with Crippen molar-refractivity contribution in [1.29, 1.82) is 10.5 Å². The Kier molecular flexibility index (Phi) is 20.1. The van der Waals surface area contributed by atoms with E-state index in [1.807, 2.05) is 95.9 Å². The Morgan fingerprint density at radius 2 is 1.46 bits per heavy atom. The highest BCUT2D eigenvalue weighted by Crippen LogP contribution is 2.34. The third kappa shape index (κ3) is 16.1. The van der Waals surface area contributed by atoms with E-state index in [2.05, 4.69) is 22.8 Å². The number of amides is 1. The van der Waals surface area contributed by atoms with Gasteiger partial charge < -0.3 is 39.4 Å². The van der Waals surface area contributed by atoms with Gasteiger partial charge in [0.15, 0.2) is 6.29 Å².